The topological polar surface area (TPSA) is 29.1 Å². The summed E-state index contributed by atoms with van der Waals surface area (Å²) in [5, 5.41) is 3.65. The molecule has 0 spiro atoms. The number of rotatable bonds is 4. The zero-order valence-electron chi connectivity index (χ0n) is 13.3. The van der Waals surface area contributed by atoms with E-state index in [-0.39, 0.29) is 22.3 Å². The maximum atomic E-state index is 14.6. The average Bonchev–Trinajstić information content (AvgIpc) is 2.88. The number of hydrogen-bond acceptors (Lipinski definition) is 1. The fourth-order valence-electron chi connectivity index (χ4n) is 3.80. The number of amides is 1. The first-order chi connectivity index (χ1) is 10.9. The first-order valence-corrected chi connectivity index (χ1v) is 9.12. The largest absolute Gasteiger partial charge is 0.348 e. The second kappa shape index (κ2) is 6.60. The minimum atomic E-state index is -0.427. The van der Waals surface area contributed by atoms with Crippen LogP contribution in [-0.4, -0.2) is 5.91 Å². The summed E-state index contributed by atoms with van der Waals surface area (Å²) >= 11 is 12.4. The van der Waals surface area contributed by atoms with Crippen LogP contribution >= 0.6 is 23.2 Å². The summed E-state index contributed by atoms with van der Waals surface area (Å²) < 4.78 is 14.6. The van der Waals surface area contributed by atoms with Gasteiger partial charge in [-0.25, -0.2) is 4.39 Å². The SMILES string of the molecule is CC1(C(NC(=O)C2CCC2)c2c(F)ccc(Cl)c2Cl)CCCC1. The van der Waals surface area contributed by atoms with Gasteiger partial charge < -0.3 is 5.32 Å². The molecule has 0 aliphatic heterocycles. The molecule has 0 aromatic heterocycles. The monoisotopic (exact) mass is 357 g/mol. The Kier molecular flexibility index (Phi) is 4.89. The van der Waals surface area contributed by atoms with Crippen molar-refractivity contribution in [1.82, 2.24) is 5.32 Å². The third-order valence-corrected chi connectivity index (χ3v) is 6.39. The number of hydrogen-bond donors (Lipinski definition) is 1. The highest BCUT2D eigenvalue weighted by atomic mass is 35.5. The van der Waals surface area contributed by atoms with Gasteiger partial charge in [0.05, 0.1) is 16.1 Å². The van der Waals surface area contributed by atoms with Crippen LogP contribution in [0.15, 0.2) is 12.1 Å². The minimum absolute atomic E-state index is 0.0183. The molecule has 126 valence electrons. The molecule has 0 radical (unpaired) electrons. The van der Waals surface area contributed by atoms with Crippen LogP contribution in [0.4, 0.5) is 4.39 Å². The molecule has 5 heteroatoms. The molecule has 23 heavy (non-hydrogen) atoms. The molecule has 3 rings (SSSR count). The molecule has 1 amide bonds. The molecule has 2 nitrogen and oxygen atoms in total. The van der Waals surface area contributed by atoms with Crippen molar-refractivity contribution in [2.24, 2.45) is 11.3 Å². The van der Waals surface area contributed by atoms with Gasteiger partial charge in [-0.1, -0.05) is 49.4 Å². The van der Waals surface area contributed by atoms with E-state index in [2.05, 4.69) is 12.2 Å². The average molecular weight is 358 g/mol. The maximum absolute atomic E-state index is 14.6. The Morgan fingerprint density at radius 2 is 1.91 bits per heavy atom. The second-order valence-corrected chi connectivity index (χ2v) is 7.97. The van der Waals surface area contributed by atoms with E-state index >= 15 is 0 Å². The van der Waals surface area contributed by atoms with Crippen molar-refractivity contribution in [2.75, 3.05) is 0 Å². The molecule has 1 aromatic carbocycles. The molecule has 2 fully saturated rings. The Balaban J connectivity index is 1.98. The molecule has 2 aliphatic carbocycles. The lowest BCUT2D eigenvalue weighted by Gasteiger charge is -2.38. The van der Waals surface area contributed by atoms with Gasteiger partial charge in [0, 0.05) is 11.5 Å². The molecule has 1 aromatic rings. The Morgan fingerprint density at radius 3 is 2.48 bits per heavy atom. The van der Waals surface area contributed by atoms with Gasteiger partial charge in [0.1, 0.15) is 5.82 Å². The van der Waals surface area contributed by atoms with E-state index in [0.29, 0.717) is 10.6 Å². The van der Waals surface area contributed by atoms with Gasteiger partial charge in [-0.2, -0.15) is 0 Å². The van der Waals surface area contributed by atoms with Crippen LogP contribution in [0.2, 0.25) is 10.0 Å². The molecule has 2 aliphatic rings. The van der Waals surface area contributed by atoms with Gasteiger partial charge in [-0.15, -0.1) is 0 Å². The molecule has 1 N–H and O–H groups in total. The Labute approximate surface area is 146 Å². The zero-order chi connectivity index (χ0) is 16.6. The van der Waals surface area contributed by atoms with Crippen LogP contribution in [0, 0.1) is 17.2 Å². The highest BCUT2D eigenvalue weighted by molar-refractivity contribution is 6.42. The highest BCUT2D eigenvalue weighted by Crippen LogP contribution is 2.50. The van der Waals surface area contributed by atoms with Crippen molar-refractivity contribution in [2.45, 2.75) is 57.9 Å². The number of benzene rings is 1. The predicted octanol–water partition coefficient (Wildman–Crippen LogP) is 5.67. The first kappa shape index (κ1) is 17.0. The van der Waals surface area contributed by atoms with E-state index < -0.39 is 11.9 Å². The first-order valence-electron chi connectivity index (χ1n) is 8.36. The fraction of sp³-hybridized carbons (Fsp3) is 0.611. The van der Waals surface area contributed by atoms with Gasteiger partial charge in [0.15, 0.2) is 0 Å². The second-order valence-electron chi connectivity index (χ2n) is 7.19. The summed E-state index contributed by atoms with van der Waals surface area (Å²) in [6.07, 6.45) is 7.00. The normalized spacial score (nSPS) is 21.7. The van der Waals surface area contributed by atoms with Gasteiger partial charge in [0.2, 0.25) is 5.91 Å². The van der Waals surface area contributed by atoms with E-state index in [1.807, 2.05) is 0 Å². The number of nitrogens with one attached hydrogen (secondary N) is 1. The lowest BCUT2D eigenvalue weighted by molar-refractivity contribution is -0.129. The summed E-state index contributed by atoms with van der Waals surface area (Å²) in [7, 11) is 0. The lowest BCUT2D eigenvalue weighted by atomic mass is 9.76. The smallest absolute Gasteiger partial charge is 0.223 e. The van der Waals surface area contributed by atoms with E-state index in [4.69, 9.17) is 23.2 Å². The maximum Gasteiger partial charge on any atom is 0.223 e. The summed E-state index contributed by atoms with van der Waals surface area (Å²) in [6, 6.07) is 2.37. The lowest BCUT2D eigenvalue weighted by Crippen LogP contribution is -2.43. The molecule has 0 heterocycles. The van der Waals surface area contributed by atoms with E-state index in [0.717, 1.165) is 44.9 Å². The third-order valence-electron chi connectivity index (χ3n) is 5.57. The summed E-state index contributed by atoms with van der Waals surface area (Å²) in [4.78, 5) is 12.5. The number of carbonyl (C=O) groups is 1. The van der Waals surface area contributed by atoms with Crippen LogP contribution in [0.25, 0.3) is 0 Å². The minimum Gasteiger partial charge on any atom is -0.348 e. The number of halogens is 3. The molecular formula is C18H22Cl2FNO. The van der Waals surface area contributed by atoms with Crippen molar-refractivity contribution >= 4 is 29.1 Å². The van der Waals surface area contributed by atoms with Crippen LogP contribution in [0.3, 0.4) is 0 Å². The van der Waals surface area contributed by atoms with Gasteiger partial charge in [-0.3, -0.25) is 4.79 Å². The third kappa shape index (κ3) is 3.23. The fourth-order valence-corrected chi connectivity index (χ4v) is 4.23. The Morgan fingerprint density at radius 1 is 1.26 bits per heavy atom. The summed E-state index contributed by atoms with van der Waals surface area (Å²) in [5.74, 6) is -0.320. The van der Waals surface area contributed by atoms with Crippen LogP contribution in [0.1, 0.15) is 63.5 Å². The Hall–Kier alpha value is -0.800. The van der Waals surface area contributed by atoms with E-state index in [1.165, 1.54) is 12.1 Å². The van der Waals surface area contributed by atoms with Crippen molar-refractivity contribution in [1.29, 1.82) is 0 Å². The van der Waals surface area contributed by atoms with Crippen molar-refractivity contribution in [3.8, 4) is 0 Å². The summed E-state index contributed by atoms with van der Waals surface area (Å²) in [5.41, 5.74) is 0.158. The molecule has 1 unspecified atom stereocenters. The number of carbonyl (C=O) groups excluding carboxylic acids is 1. The quantitative estimate of drug-likeness (QED) is 0.691. The van der Waals surface area contributed by atoms with E-state index in [9.17, 15) is 9.18 Å². The van der Waals surface area contributed by atoms with Crippen LogP contribution in [0.5, 0.6) is 0 Å². The molecule has 2 saturated carbocycles. The van der Waals surface area contributed by atoms with Gasteiger partial charge in [-0.05, 0) is 43.2 Å². The van der Waals surface area contributed by atoms with Crippen molar-refractivity contribution in [3.63, 3.8) is 0 Å². The predicted molar refractivity (Wildman–Crippen MR) is 91.2 cm³/mol. The van der Waals surface area contributed by atoms with E-state index in [1.54, 1.807) is 0 Å². The molecular weight excluding hydrogens is 336 g/mol. The molecule has 0 saturated heterocycles. The van der Waals surface area contributed by atoms with Crippen molar-refractivity contribution in [3.05, 3.63) is 33.6 Å². The standard InChI is InChI=1S/C18H22Cl2FNO/c1-18(9-2-3-10-18)16(22-17(23)11-5-4-6-11)14-13(21)8-7-12(19)15(14)20/h7-8,11,16H,2-6,9-10H2,1H3,(H,22,23). The van der Waals surface area contributed by atoms with Crippen molar-refractivity contribution < 1.29 is 9.18 Å². The van der Waals surface area contributed by atoms with Gasteiger partial charge >= 0.3 is 0 Å². The zero-order valence-corrected chi connectivity index (χ0v) is 14.8. The molecule has 0 bridgehead atoms. The highest BCUT2D eigenvalue weighted by Gasteiger charge is 2.42. The van der Waals surface area contributed by atoms with Crippen LogP contribution in [-0.2, 0) is 4.79 Å². The van der Waals surface area contributed by atoms with Crippen LogP contribution < -0.4 is 5.32 Å². The molecule has 1 atom stereocenters. The summed E-state index contributed by atoms with van der Waals surface area (Å²) in [6.45, 7) is 2.11. The Bertz CT molecular complexity index is 609. The van der Waals surface area contributed by atoms with Gasteiger partial charge in [0.25, 0.3) is 0 Å².